The number of aryl methyl sites for hydroxylation is 1. The first-order chi connectivity index (χ1) is 10.4. The van der Waals surface area contributed by atoms with Gasteiger partial charge in [0, 0.05) is 43.2 Å². The molecule has 6 nitrogen and oxygen atoms in total. The van der Waals surface area contributed by atoms with Crippen molar-refractivity contribution in [1.82, 2.24) is 0 Å². The summed E-state index contributed by atoms with van der Waals surface area (Å²) in [5, 5.41) is 13.5. The number of nitro benzene ring substituents is 1. The van der Waals surface area contributed by atoms with Gasteiger partial charge in [0.25, 0.3) is 11.6 Å². The zero-order valence-electron chi connectivity index (χ0n) is 12.7. The lowest BCUT2D eigenvalue weighted by molar-refractivity contribution is -0.384. The van der Waals surface area contributed by atoms with E-state index in [-0.39, 0.29) is 11.6 Å². The summed E-state index contributed by atoms with van der Waals surface area (Å²) in [6.07, 6.45) is 0. The number of carbonyl (C=O) groups is 1. The fourth-order valence-corrected chi connectivity index (χ4v) is 2.02. The molecule has 0 aliphatic carbocycles. The summed E-state index contributed by atoms with van der Waals surface area (Å²) in [5.41, 5.74) is 2.67. The number of hydrogen-bond acceptors (Lipinski definition) is 4. The van der Waals surface area contributed by atoms with Crippen LogP contribution in [0.1, 0.15) is 15.9 Å². The molecule has 6 heteroatoms. The molecule has 0 saturated carbocycles. The van der Waals surface area contributed by atoms with Crippen LogP contribution in [0.4, 0.5) is 17.1 Å². The molecular weight excluding hydrogens is 282 g/mol. The SMILES string of the molecule is Cc1cc([N+](=O)[O-])ccc1NC(=O)c1cccc(N(C)C)c1. The lowest BCUT2D eigenvalue weighted by atomic mass is 10.1. The van der Waals surface area contributed by atoms with E-state index in [0.29, 0.717) is 16.8 Å². The van der Waals surface area contributed by atoms with Crippen LogP contribution >= 0.6 is 0 Å². The van der Waals surface area contributed by atoms with Crippen LogP contribution in [-0.4, -0.2) is 24.9 Å². The Balaban J connectivity index is 2.22. The van der Waals surface area contributed by atoms with Crippen molar-refractivity contribution in [3.8, 4) is 0 Å². The van der Waals surface area contributed by atoms with Crippen LogP contribution < -0.4 is 10.2 Å². The van der Waals surface area contributed by atoms with Gasteiger partial charge in [-0.2, -0.15) is 0 Å². The third-order valence-electron chi connectivity index (χ3n) is 3.29. The smallest absolute Gasteiger partial charge is 0.269 e. The van der Waals surface area contributed by atoms with Crippen LogP contribution in [0, 0.1) is 17.0 Å². The third-order valence-corrected chi connectivity index (χ3v) is 3.29. The molecule has 0 atom stereocenters. The van der Waals surface area contributed by atoms with Crippen LogP contribution in [0.5, 0.6) is 0 Å². The first-order valence-electron chi connectivity index (χ1n) is 6.72. The largest absolute Gasteiger partial charge is 0.378 e. The maximum absolute atomic E-state index is 12.3. The van der Waals surface area contributed by atoms with E-state index in [1.54, 1.807) is 25.1 Å². The second kappa shape index (κ2) is 6.26. The van der Waals surface area contributed by atoms with Crippen molar-refractivity contribution in [2.45, 2.75) is 6.92 Å². The summed E-state index contributed by atoms with van der Waals surface area (Å²) in [5.74, 6) is -0.249. The molecule has 2 aromatic rings. The van der Waals surface area contributed by atoms with Crippen LogP contribution in [0.2, 0.25) is 0 Å². The van der Waals surface area contributed by atoms with Gasteiger partial charge in [-0.05, 0) is 36.8 Å². The van der Waals surface area contributed by atoms with E-state index in [1.807, 2.05) is 31.1 Å². The van der Waals surface area contributed by atoms with Crippen molar-refractivity contribution in [1.29, 1.82) is 0 Å². The summed E-state index contributed by atoms with van der Waals surface area (Å²) < 4.78 is 0. The number of benzene rings is 2. The number of nitrogens with zero attached hydrogens (tertiary/aromatic N) is 2. The lowest BCUT2D eigenvalue weighted by Crippen LogP contribution is -2.14. The number of nitro groups is 1. The third kappa shape index (κ3) is 3.41. The Morgan fingerprint density at radius 1 is 1.18 bits per heavy atom. The quantitative estimate of drug-likeness (QED) is 0.694. The van der Waals surface area contributed by atoms with Gasteiger partial charge >= 0.3 is 0 Å². The highest BCUT2D eigenvalue weighted by atomic mass is 16.6. The number of carbonyl (C=O) groups excluding carboxylic acids is 1. The molecule has 2 rings (SSSR count). The van der Waals surface area contributed by atoms with E-state index in [2.05, 4.69) is 5.32 Å². The molecule has 0 heterocycles. The molecular formula is C16H17N3O3. The Bertz CT molecular complexity index is 726. The Morgan fingerprint density at radius 2 is 1.91 bits per heavy atom. The van der Waals surface area contributed by atoms with Crippen molar-refractivity contribution in [3.05, 3.63) is 63.7 Å². The van der Waals surface area contributed by atoms with E-state index in [4.69, 9.17) is 0 Å². The van der Waals surface area contributed by atoms with Crippen LogP contribution in [-0.2, 0) is 0 Å². The molecule has 0 aromatic heterocycles. The molecule has 1 N–H and O–H groups in total. The maximum Gasteiger partial charge on any atom is 0.269 e. The van der Waals surface area contributed by atoms with Gasteiger partial charge in [-0.1, -0.05) is 6.07 Å². The molecule has 0 bridgehead atoms. The first kappa shape index (κ1) is 15.5. The summed E-state index contributed by atoms with van der Waals surface area (Å²) >= 11 is 0. The van der Waals surface area contributed by atoms with Crippen LogP contribution in [0.15, 0.2) is 42.5 Å². The average molecular weight is 299 g/mol. The number of amides is 1. The summed E-state index contributed by atoms with van der Waals surface area (Å²) in [4.78, 5) is 24.5. The molecule has 0 aliphatic rings. The van der Waals surface area contributed by atoms with Crippen LogP contribution in [0.25, 0.3) is 0 Å². The molecule has 114 valence electrons. The molecule has 2 aromatic carbocycles. The molecule has 0 saturated heterocycles. The first-order valence-corrected chi connectivity index (χ1v) is 6.72. The van der Waals surface area contributed by atoms with Gasteiger partial charge in [-0.3, -0.25) is 14.9 Å². The fraction of sp³-hybridized carbons (Fsp3) is 0.188. The Labute approximate surface area is 128 Å². The number of non-ortho nitro benzene ring substituents is 1. The highest BCUT2D eigenvalue weighted by Crippen LogP contribution is 2.22. The standard InChI is InChI=1S/C16H17N3O3/c1-11-9-14(19(21)22)7-8-15(11)17-16(20)12-5-4-6-13(10-12)18(2)3/h4-10H,1-3H3,(H,17,20). The topological polar surface area (TPSA) is 75.5 Å². The predicted octanol–water partition coefficient (Wildman–Crippen LogP) is 3.22. The minimum Gasteiger partial charge on any atom is -0.378 e. The highest BCUT2D eigenvalue weighted by Gasteiger charge is 2.12. The lowest BCUT2D eigenvalue weighted by Gasteiger charge is -2.14. The van der Waals surface area contributed by atoms with Crippen molar-refractivity contribution in [2.24, 2.45) is 0 Å². The van der Waals surface area contributed by atoms with Gasteiger partial charge in [0.1, 0.15) is 0 Å². The molecule has 0 spiro atoms. The molecule has 0 radical (unpaired) electrons. The fourth-order valence-electron chi connectivity index (χ4n) is 2.02. The maximum atomic E-state index is 12.3. The van der Waals surface area contributed by atoms with Gasteiger partial charge < -0.3 is 10.2 Å². The Kier molecular flexibility index (Phi) is 4.41. The summed E-state index contributed by atoms with van der Waals surface area (Å²) in [7, 11) is 3.80. The summed E-state index contributed by atoms with van der Waals surface area (Å²) in [6.45, 7) is 1.72. The highest BCUT2D eigenvalue weighted by molar-refractivity contribution is 6.05. The van der Waals surface area contributed by atoms with E-state index in [0.717, 1.165) is 5.69 Å². The monoisotopic (exact) mass is 299 g/mol. The van der Waals surface area contributed by atoms with E-state index in [9.17, 15) is 14.9 Å². The molecule has 0 aliphatic heterocycles. The molecule has 0 fully saturated rings. The van der Waals surface area contributed by atoms with E-state index in [1.165, 1.54) is 12.1 Å². The molecule has 22 heavy (non-hydrogen) atoms. The minimum absolute atomic E-state index is 0.00473. The molecule has 1 amide bonds. The van der Waals surface area contributed by atoms with Crippen molar-refractivity contribution in [2.75, 3.05) is 24.3 Å². The van der Waals surface area contributed by atoms with E-state index >= 15 is 0 Å². The van der Waals surface area contributed by atoms with Crippen molar-refractivity contribution in [3.63, 3.8) is 0 Å². The number of nitrogens with one attached hydrogen (secondary N) is 1. The Hall–Kier alpha value is -2.89. The van der Waals surface area contributed by atoms with Crippen molar-refractivity contribution < 1.29 is 9.72 Å². The predicted molar refractivity (Wildman–Crippen MR) is 86.6 cm³/mol. The Morgan fingerprint density at radius 3 is 2.50 bits per heavy atom. The second-order valence-electron chi connectivity index (χ2n) is 5.16. The minimum atomic E-state index is -0.459. The van der Waals surface area contributed by atoms with E-state index < -0.39 is 4.92 Å². The number of rotatable bonds is 4. The normalized spacial score (nSPS) is 10.1. The average Bonchev–Trinajstić information content (AvgIpc) is 2.49. The van der Waals surface area contributed by atoms with Gasteiger partial charge in [0.05, 0.1) is 4.92 Å². The molecule has 0 unspecified atom stereocenters. The van der Waals surface area contributed by atoms with Gasteiger partial charge in [-0.25, -0.2) is 0 Å². The van der Waals surface area contributed by atoms with Crippen molar-refractivity contribution >= 4 is 23.0 Å². The zero-order chi connectivity index (χ0) is 16.3. The number of anilines is 2. The summed E-state index contributed by atoms with van der Waals surface area (Å²) in [6, 6.07) is 11.6. The van der Waals surface area contributed by atoms with Crippen LogP contribution in [0.3, 0.4) is 0 Å². The van der Waals surface area contributed by atoms with Gasteiger partial charge in [0.15, 0.2) is 0 Å². The zero-order valence-corrected chi connectivity index (χ0v) is 12.7. The van der Waals surface area contributed by atoms with Gasteiger partial charge in [-0.15, -0.1) is 0 Å². The second-order valence-corrected chi connectivity index (χ2v) is 5.16. The van der Waals surface area contributed by atoms with Gasteiger partial charge in [0.2, 0.25) is 0 Å². The number of hydrogen-bond donors (Lipinski definition) is 1.